The van der Waals surface area contributed by atoms with Crippen LogP contribution < -0.4 is 4.74 Å². The second kappa shape index (κ2) is 7.32. The largest absolute Gasteiger partial charge is 0.488 e. The molecule has 1 aromatic heterocycles. The van der Waals surface area contributed by atoms with Crippen molar-refractivity contribution in [3.05, 3.63) is 47.6 Å². The third-order valence-corrected chi connectivity index (χ3v) is 4.50. The van der Waals surface area contributed by atoms with Crippen LogP contribution in [0.5, 0.6) is 5.75 Å². The van der Waals surface area contributed by atoms with Gasteiger partial charge in [0.15, 0.2) is 0 Å². The van der Waals surface area contributed by atoms with Crippen molar-refractivity contribution < 1.29 is 18.8 Å². The van der Waals surface area contributed by atoms with Crippen LogP contribution >= 0.6 is 0 Å². The molecule has 1 heterocycles. The number of nitrogens with zero attached hydrogens (tertiary/aromatic N) is 2. The fraction of sp³-hybridized carbons (Fsp3) is 0.500. The highest BCUT2D eigenvalue weighted by Gasteiger charge is 2.35. The van der Waals surface area contributed by atoms with Crippen molar-refractivity contribution in [3.63, 3.8) is 0 Å². The summed E-state index contributed by atoms with van der Waals surface area (Å²) in [4.78, 5) is 2.07. The molecule has 0 radical (unpaired) electrons. The number of hydrogen-bond acceptors (Lipinski definition) is 5. The topological polar surface area (TPSA) is 58.7 Å². The number of aliphatic hydroxyl groups excluding tert-OH is 1. The quantitative estimate of drug-likeness (QED) is 0.911. The van der Waals surface area contributed by atoms with Crippen molar-refractivity contribution >= 4 is 0 Å². The van der Waals surface area contributed by atoms with Gasteiger partial charge >= 0.3 is 0 Å². The van der Waals surface area contributed by atoms with Crippen molar-refractivity contribution in [3.8, 4) is 5.75 Å². The highest BCUT2D eigenvalue weighted by molar-refractivity contribution is 5.23. The first kappa shape index (κ1) is 16.9. The van der Waals surface area contributed by atoms with Crippen LogP contribution in [-0.4, -0.2) is 40.5 Å². The Morgan fingerprint density at radius 2 is 2.21 bits per heavy atom. The van der Waals surface area contributed by atoms with E-state index in [0.29, 0.717) is 12.3 Å². The van der Waals surface area contributed by atoms with Crippen molar-refractivity contribution in [2.45, 2.75) is 51.0 Å². The molecule has 1 aliphatic rings. The Morgan fingerprint density at radius 1 is 1.38 bits per heavy atom. The van der Waals surface area contributed by atoms with Crippen LogP contribution in [0, 0.1) is 12.7 Å². The normalized spacial score (nSPS) is 24.3. The molecular formula is C18H23FN2O3. The summed E-state index contributed by atoms with van der Waals surface area (Å²) in [6.07, 6.45) is 1.61. The van der Waals surface area contributed by atoms with Crippen molar-refractivity contribution in [2.75, 3.05) is 7.05 Å². The summed E-state index contributed by atoms with van der Waals surface area (Å²) in [6.45, 7) is 2.46. The number of aliphatic hydroxyl groups is 1. The van der Waals surface area contributed by atoms with Gasteiger partial charge in [-0.25, -0.2) is 4.39 Å². The first-order valence-corrected chi connectivity index (χ1v) is 8.25. The van der Waals surface area contributed by atoms with Crippen molar-refractivity contribution in [1.29, 1.82) is 0 Å². The van der Waals surface area contributed by atoms with Crippen LogP contribution in [0.3, 0.4) is 0 Å². The van der Waals surface area contributed by atoms with Gasteiger partial charge in [0.05, 0.1) is 5.69 Å². The van der Waals surface area contributed by atoms with E-state index in [-0.39, 0.29) is 18.0 Å². The number of aromatic nitrogens is 1. The summed E-state index contributed by atoms with van der Waals surface area (Å²) in [6, 6.07) is 7.90. The van der Waals surface area contributed by atoms with Gasteiger partial charge in [0.25, 0.3) is 0 Å². The lowest BCUT2D eigenvalue weighted by Gasteiger charge is -2.39. The van der Waals surface area contributed by atoms with E-state index in [1.54, 1.807) is 12.1 Å². The first-order valence-electron chi connectivity index (χ1n) is 8.25. The number of aryl methyl sites for hydroxylation is 1. The molecule has 0 unspecified atom stereocenters. The summed E-state index contributed by atoms with van der Waals surface area (Å²) in [5.41, 5.74) is 0.843. The second-order valence-corrected chi connectivity index (χ2v) is 6.45. The van der Waals surface area contributed by atoms with Crippen LogP contribution in [-0.2, 0) is 6.54 Å². The highest BCUT2D eigenvalue weighted by atomic mass is 19.1. The summed E-state index contributed by atoms with van der Waals surface area (Å²) < 4.78 is 24.2. The molecule has 130 valence electrons. The smallest absolute Gasteiger partial charge is 0.133 e. The molecule has 0 aliphatic heterocycles. The van der Waals surface area contributed by atoms with E-state index >= 15 is 0 Å². The molecule has 5 nitrogen and oxygen atoms in total. The summed E-state index contributed by atoms with van der Waals surface area (Å²) in [5, 5.41) is 14.7. The zero-order valence-corrected chi connectivity index (χ0v) is 14.0. The van der Waals surface area contributed by atoms with Crippen molar-refractivity contribution in [2.24, 2.45) is 0 Å². The Balaban J connectivity index is 1.64. The van der Waals surface area contributed by atoms with Gasteiger partial charge in [0.2, 0.25) is 0 Å². The van der Waals surface area contributed by atoms with Crippen molar-refractivity contribution in [1.82, 2.24) is 10.1 Å². The molecule has 1 aliphatic carbocycles. The number of halogens is 1. The number of hydrogen-bond donors (Lipinski definition) is 1. The summed E-state index contributed by atoms with van der Waals surface area (Å²) in [7, 11) is 1.96. The molecule has 3 rings (SSSR count). The number of likely N-dealkylation sites (N-methyl/N-ethyl adjacent to an activating group) is 1. The molecular weight excluding hydrogens is 311 g/mol. The van der Waals surface area contributed by atoms with Gasteiger partial charge in [-0.3, -0.25) is 4.90 Å². The lowest BCUT2D eigenvalue weighted by molar-refractivity contribution is -0.0496. The van der Waals surface area contributed by atoms with Crippen LogP contribution in [0.4, 0.5) is 4.39 Å². The van der Waals surface area contributed by atoms with Crippen LogP contribution in [0.2, 0.25) is 0 Å². The predicted molar refractivity (Wildman–Crippen MR) is 87.2 cm³/mol. The first-order chi connectivity index (χ1) is 11.5. The minimum absolute atomic E-state index is 0.0330. The average Bonchev–Trinajstić information content (AvgIpc) is 2.94. The third kappa shape index (κ3) is 3.94. The molecule has 0 saturated heterocycles. The van der Waals surface area contributed by atoms with Gasteiger partial charge in [0, 0.05) is 24.7 Å². The third-order valence-electron chi connectivity index (χ3n) is 4.50. The maximum absolute atomic E-state index is 13.3. The minimum atomic E-state index is -0.639. The van der Waals surface area contributed by atoms with E-state index in [9.17, 15) is 9.50 Å². The lowest BCUT2D eigenvalue weighted by Crippen LogP contribution is -2.51. The van der Waals surface area contributed by atoms with E-state index in [0.717, 1.165) is 30.7 Å². The van der Waals surface area contributed by atoms with Crippen LogP contribution in [0.25, 0.3) is 0 Å². The number of benzene rings is 1. The fourth-order valence-corrected chi connectivity index (χ4v) is 3.31. The van der Waals surface area contributed by atoms with E-state index < -0.39 is 6.10 Å². The molecule has 1 saturated carbocycles. The SMILES string of the molecule is Cc1cc(CN(C)[C@@H]2CCC[C@H](Oc3cccc(F)c3)[C@H]2O)no1. The van der Waals surface area contributed by atoms with Gasteiger partial charge < -0.3 is 14.4 Å². The van der Waals surface area contributed by atoms with Gasteiger partial charge in [-0.15, -0.1) is 0 Å². The molecule has 1 N–H and O–H groups in total. The fourth-order valence-electron chi connectivity index (χ4n) is 3.31. The standard InChI is InChI=1S/C18H23FN2O3/c1-12-9-14(20-24-12)11-21(2)16-7-4-8-17(18(16)22)23-15-6-3-5-13(19)10-15/h3,5-6,9-10,16-18,22H,4,7-8,11H2,1-2H3/t16-,17+,18+/m1/s1. The Morgan fingerprint density at radius 3 is 2.92 bits per heavy atom. The number of ether oxygens (including phenoxy) is 1. The van der Waals surface area contributed by atoms with Gasteiger partial charge in [-0.1, -0.05) is 11.2 Å². The Labute approximate surface area is 141 Å². The van der Waals surface area contributed by atoms with E-state index in [1.807, 2.05) is 20.0 Å². The monoisotopic (exact) mass is 334 g/mol. The maximum atomic E-state index is 13.3. The number of rotatable bonds is 5. The van der Waals surface area contributed by atoms with E-state index in [4.69, 9.17) is 9.26 Å². The van der Waals surface area contributed by atoms with Crippen LogP contribution in [0.1, 0.15) is 30.7 Å². The second-order valence-electron chi connectivity index (χ2n) is 6.45. The molecule has 0 bridgehead atoms. The van der Waals surface area contributed by atoms with E-state index in [2.05, 4.69) is 10.1 Å². The van der Waals surface area contributed by atoms with E-state index in [1.165, 1.54) is 12.1 Å². The molecule has 1 fully saturated rings. The molecule has 0 spiro atoms. The van der Waals surface area contributed by atoms with Gasteiger partial charge in [-0.05, 0) is 45.4 Å². The van der Waals surface area contributed by atoms with Gasteiger partial charge in [-0.2, -0.15) is 0 Å². The predicted octanol–water partition coefficient (Wildman–Crippen LogP) is 2.91. The Kier molecular flexibility index (Phi) is 5.16. The van der Waals surface area contributed by atoms with Gasteiger partial charge in [0.1, 0.15) is 29.5 Å². The molecule has 1 aromatic carbocycles. The lowest BCUT2D eigenvalue weighted by atomic mass is 9.89. The molecule has 3 atom stereocenters. The highest BCUT2D eigenvalue weighted by Crippen LogP contribution is 2.28. The molecule has 0 amide bonds. The zero-order valence-electron chi connectivity index (χ0n) is 14.0. The Hall–Kier alpha value is -1.92. The Bertz CT molecular complexity index is 676. The molecule has 24 heavy (non-hydrogen) atoms. The summed E-state index contributed by atoms with van der Waals surface area (Å²) >= 11 is 0. The zero-order chi connectivity index (χ0) is 17.1. The summed E-state index contributed by atoms with van der Waals surface area (Å²) in [5.74, 6) is 0.886. The molecule has 2 aromatic rings. The minimum Gasteiger partial charge on any atom is -0.488 e. The van der Waals surface area contributed by atoms with Crippen LogP contribution in [0.15, 0.2) is 34.9 Å². The molecule has 6 heteroatoms. The average molecular weight is 334 g/mol. The maximum Gasteiger partial charge on any atom is 0.133 e.